The van der Waals surface area contributed by atoms with Gasteiger partial charge < -0.3 is 14.5 Å². The molecule has 0 spiro atoms. The van der Waals surface area contributed by atoms with Crippen molar-refractivity contribution >= 4 is 11.6 Å². The van der Waals surface area contributed by atoms with Crippen LogP contribution in [0.2, 0.25) is 0 Å². The van der Waals surface area contributed by atoms with Gasteiger partial charge in [0.2, 0.25) is 5.91 Å². The third-order valence-corrected chi connectivity index (χ3v) is 4.98. The summed E-state index contributed by atoms with van der Waals surface area (Å²) in [5.41, 5.74) is 4.27. The fraction of sp³-hybridized carbons (Fsp3) is 0.417. The van der Waals surface area contributed by atoms with Gasteiger partial charge in [0, 0.05) is 19.4 Å². The molecule has 5 heteroatoms. The molecule has 2 aromatic carbocycles. The fourth-order valence-corrected chi connectivity index (χ4v) is 3.41. The number of carbonyl (C=O) groups is 1. The Kier molecular flexibility index (Phi) is 6.91. The third-order valence-electron chi connectivity index (χ3n) is 4.98. The van der Waals surface area contributed by atoms with Gasteiger partial charge in [0.25, 0.3) is 0 Å². The van der Waals surface area contributed by atoms with Crippen LogP contribution in [0.1, 0.15) is 43.4 Å². The molecular weight excluding hydrogens is 364 g/mol. The van der Waals surface area contributed by atoms with Crippen LogP contribution in [0.15, 0.2) is 53.7 Å². The van der Waals surface area contributed by atoms with E-state index in [1.807, 2.05) is 29.2 Å². The van der Waals surface area contributed by atoms with Crippen LogP contribution >= 0.6 is 0 Å². The van der Waals surface area contributed by atoms with Crippen LogP contribution in [0, 0.1) is 12.8 Å². The molecule has 0 bridgehead atoms. The van der Waals surface area contributed by atoms with Gasteiger partial charge in [-0.15, -0.1) is 0 Å². The van der Waals surface area contributed by atoms with Crippen LogP contribution in [0.5, 0.6) is 5.75 Å². The van der Waals surface area contributed by atoms with Crippen LogP contribution in [-0.2, 0) is 16.2 Å². The second kappa shape index (κ2) is 9.59. The lowest BCUT2D eigenvalue weighted by molar-refractivity contribution is -0.134. The maximum atomic E-state index is 12.9. The van der Waals surface area contributed by atoms with Crippen LogP contribution in [-0.4, -0.2) is 36.3 Å². The molecule has 154 valence electrons. The summed E-state index contributed by atoms with van der Waals surface area (Å²) in [4.78, 5) is 20.5. The summed E-state index contributed by atoms with van der Waals surface area (Å²) in [7, 11) is 1.65. The first-order valence-corrected chi connectivity index (χ1v) is 10.1. The minimum Gasteiger partial charge on any atom is -0.497 e. The van der Waals surface area contributed by atoms with Crippen molar-refractivity contribution in [3.63, 3.8) is 0 Å². The van der Waals surface area contributed by atoms with E-state index in [1.54, 1.807) is 7.11 Å². The molecule has 29 heavy (non-hydrogen) atoms. The topological polar surface area (TPSA) is 51.1 Å². The highest BCUT2D eigenvalue weighted by Crippen LogP contribution is 2.21. The van der Waals surface area contributed by atoms with Gasteiger partial charge in [0.15, 0.2) is 6.10 Å². The van der Waals surface area contributed by atoms with Crippen molar-refractivity contribution in [2.75, 3.05) is 13.7 Å². The number of benzene rings is 2. The average Bonchev–Trinajstić information content (AvgIpc) is 3.16. The first-order valence-electron chi connectivity index (χ1n) is 10.1. The van der Waals surface area contributed by atoms with Crippen LogP contribution in [0.4, 0.5) is 0 Å². The monoisotopic (exact) mass is 394 g/mol. The maximum Gasteiger partial charge on any atom is 0.223 e. The normalized spacial score (nSPS) is 15.8. The number of carbonyl (C=O) groups excluding carboxylic acids is 1. The van der Waals surface area contributed by atoms with Crippen molar-refractivity contribution in [1.82, 2.24) is 4.90 Å². The minimum atomic E-state index is -0.131. The molecule has 1 aliphatic rings. The molecule has 0 unspecified atom stereocenters. The second-order valence-electron chi connectivity index (χ2n) is 8.06. The molecule has 0 radical (unpaired) electrons. The van der Waals surface area contributed by atoms with E-state index in [9.17, 15) is 4.79 Å². The lowest BCUT2D eigenvalue weighted by Gasteiger charge is -2.26. The molecule has 0 aromatic heterocycles. The summed E-state index contributed by atoms with van der Waals surface area (Å²) in [6.07, 6.45) is 1.09. The number of nitrogens with zero attached hydrogens (tertiary/aromatic N) is 2. The fourth-order valence-electron chi connectivity index (χ4n) is 3.41. The third kappa shape index (κ3) is 5.83. The van der Waals surface area contributed by atoms with E-state index >= 15 is 0 Å². The lowest BCUT2D eigenvalue weighted by Crippen LogP contribution is -2.37. The van der Waals surface area contributed by atoms with Crippen molar-refractivity contribution in [1.29, 1.82) is 0 Å². The van der Waals surface area contributed by atoms with E-state index in [2.05, 4.69) is 50.2 Å². The summed E-state index contributed by atoms with van der Waals surface area (Å²) in [6, 6.07) is 16.1. The van der Waals surface area contributed by atoms with Crippen molar-refractivity contribution in [2.24, 2.45) is 11.1 Å². The summed E-state index contributed by atoms with van der Waals surface area (Å²) in [5, 5.41) is 4.28. The van der Waals surface area contributed by atoms with Crippen molar-refractivity contribution in [3.05, 3.63) is 65.2 Å². The Morgan fingerprint density at radius 1 is 1.24 bits per heavy atom. The molecule has 2 aromatic rings. The number of oxime groups is 1. The standard InChI is InChI=1S/C24H30N2O3/c1-17(2)12-24(27)26(15-19-6-5-7-21(13-19)28-4)16-22-14-23(25-29-22)20-10-8-18(3)9-11-20/h5-11,13,17,22H,12,14-16H2,1-4H3/t22-/m1/s1. The van der Waals surface area contributed by atoms with Gasteiger partial charge >= 0.3 is 0 Å². The smallest absolute Gasteiger partial charge is 0.223 e. The van der Waals surface area contributed by atoms with Crippen LogP contribution in [0.25, 0.3) is 0 Å². The second-order valence-corrected chi connectivity index (χ2v) is 8.06. The molecule has 0 saturated carbocycles. The number of hydrogen-bond acceptors (Lipinski definition) is 4. The van der Waals surface area contributed by atoms with Crippen molar-refractivity contribution in [3.8, 4) is 5.75 Å². The highest BCUT2D eigenvalue weighted by Gasteiger charge is 2.27. The molecule has 0 fully saturated rings. The zero-order chi connectivity index (χ0) is 20.8. The van der Waals surface area contributed by atoms with Crippen LogP contribution in [0.3, 0.4) is 0 Å². The zero-order valence-electron chi connectivity index (χ0n) is 17.7. The van der Waals surface area contributed by atoms with E-state index in [-0.39, 0.29) is 12.0 Å². The molecule has 5 nitrogen and oxygen atoms in total. The van der Waals surface area contributed by atoms with Gasteiger partial charge in [-0.1, -0.05) is 61.0 Å². The Labute approximate surface area is 173 Å². The molecule has 0 N–H and O–H groups in total. The molecule has 3 rings (SSSR count). The van der Waals surface area contributed by atoms with E-state index in [0.717, 1.165) is 22.6 Å². The highest BCUT2D eigenvalue weighted by atomic mass is 16.6. The highest BCUT2D eigenvalue weighted by molar-refractivity contribution is 6.01. The number of hydrogen-bond donors (Lipinski definition) is 0. The Morgan fingerprint density at radius 2 is 2.00 bits per heavy atom. The first kappa shape index (κ1) is 20.9. The zero-order valence-corrected chi connectivity index (χ0v) is 17.7. The predicted octanol–water partition coefficient (Wildman–Crippen LogP) is 4.57. The largest absolute Gasteiger partial charge is 0.497 e. The molecule has 1 amide bonds. The molecule has 1 aliphatic heterocycles. The predicted molar refractivity (Wildman–Crippen MR) is 115 cm³/mol. The summed E-state index contributed by atoms with van der Waals surface area (Å²) in [6.45, 7) is 7.24. The van der Waals surface area contributed by atoms with Crippen LogP contribution < -0.4 is 4.74 Å². The molecular formula is C24H30N2O3. The van der Waals surface area contributed by atoms with Crippen molar-refractivity contribution in [2.45, 2.75) is 46.3 Å². The van der Waals surface area contributed by atoms with Crippen molar-refractivity contribution < 1.29 is 14.4 Å². The maximum absolute atomic E-state index is 12.9. The van der Waals surface area contributed by atoms with Gasteiger partial charge in [-0.3, -0.25) is 4.79 Å². The number of ether oxygens (including phenoxy) is 1. The number of amides is 1. The lowest BCUT2D eigenvalue weighted by atomic mass is 10.0. The Balaban J connectivity index is 1.68. The molecule has 0 saturated heterocycles. The molecule has 1 heterocycles. The van der Waals surface area contributed by atoms with Gasteiger partial charge in [-0.2, -0.15) is 0 Å². The SMILES string of the molecule is COc1cccc(CN(C[C@H]2CC(c3ccc(C)cc3)=NO2)C(=O)CC(C)C)c1. The van der Waals surface area contributed by atoms with Gasteiger partial charge in [-0.05, 0) is 36.1 Å². The Morgan fingerprint density at radius 3 is 2.69 bits per heavy atom. The average molecular weight is 395 g/mol. The number of aryl methyl sites for hydroxylation is 1. The Hall–Kier alpha value is -2.82. The number of rotatable bonds is 8. The van der Waals surface area contributed by atoms with Gasteiger partial charge in [-0.25, -0.2) is 0 Å². The van der Waals surface area contributed by atoms with E-state index < -0.39 is 0 Å². The number of methoxy groups -OCH3 is 1. The van der Waals surface area contributed by atoms with E-state index in [0.29, 0.717) is 31.8 Å². The summed E-state index contributed by atoms with van der Waals surface area (Å²) >= 11 is 0. The van der Waals surface area contributed by atoms with E-state index in [4.69, 9.17) is 9.57 Å². The van der Waals surface area contributed by atoms with Gasteiger partial charge in [0.05, 0.1) is 19.4 Å². The minimum absolute atomic E-state index is 0.131. The summed E-state index contributed by atoms with van der Waals surface area (Å²) in [5.74, 6) is 1.23. The Bertz CT molecular complexity index is 859. The summed E-state index contributed by atoms with van der Waals surface area (Å²) < 4.78 is 5.32. The molecule has 0 aliphatic carbocycles. The van der Waals surface area contributed by atoms with Gasteiger partial charge in [0.1, 0.15) is 5.75 Å². The van der Waals surface area contributed by atoms with E-state index in [1.165, 1.54) is 5.56 Å². The quantitative estimate of drug-likeness (QED) is 0.659. The first-order chi connectivity index (χ1) is 13.9. The molecule has 1 atom stereocenters.